The Morgan fingerprint density at radius 3 is 1.76 bits per heavy atom. The molecule has 0 spiro atoms. The minimum absolute atomic E-state index is 0.0260. The quantitative estimate of drug-likeness (QED) is 0.274. The maximum atomic E-state index is 13.7. The minimum Gasteiger partial charge on any atom is -0.502 e. The fourth-order valence-electron chi connectivity index (χ4n) is 5.90. The van der Waals surface area contributed by atoms with E-state index in [0.29, 0.717) is 11.1 Å². The molecule has 8 rings (SSSR count). The number of aliphatic hydroxyl groups is 1. The van der Waals surface area contributed by atoms with Gasteiger partial charge in [0.25, 0.3) is 0 Å². The number of aliphatic hydroxyl groups excluding tert-OH is 1. The number of allylic oxidation sites excluding steroid dienone is 3. The van der Waals surface area contributed by atoms with Crippen LogP contribution in [0, 0.1) is 0 Å². The summed E-state index contributed by atoms with van der Waals surface area (Å²) in [6, 6.07) is 27.5. The summed E-state index contributed by atoms with van der Waals surface area (Å²) in [7, 11) is 0. The molecule has 0 fully saturated rings. The van der Waals surface area contributed by atoms with Crippen LogP contribution in [0.3, 0.4) is 0 Å². The van der Waals surface area contributed by atoms with E-state index in [0.717, 1.165) is 33.2 Å². The number of ketones is 2. The van der Waals surface area contributed by atoms with Gasteiger partial charge < -0.3 is 5.11 Å². The van der Waals surface area contributed by atoms with Crippen molar-refractivity contribution in [3.8, 4) is 0 Å². The van der Waals surface area contributed by atoms with Crippen LogP contribution in [0.5, 0.6) is 0 Å². The maximum Gasteiger partial charge on any atom is 0.305 e. The van der Waals surface area contributed by atoms with Crippen molar-refractivity contribution in [3.63, 3.8) is 0 Å². The van der Waals surface area contributed by atoms with E-state index in [4.69, 9.17) is 0 Å². The molecule has 4 heteroatoms. The van der Waals surface area contributed by atoms with Crippen LogP contribution in [-0.2, 0) is 9.59 Å². The zero-order chi connectivity index (χ0) is 22.3. The average molecular weight is 428 g/mol. The standard InChI is InChI=1S/C29H17NO3/c31-27-24-22-17-10-2-4-12-19(17)23(20-13-5-3-11-18(20)22)25(24)28(32)29(33)26(27)30-15-7-9-16-8-1-6-14-21(16)30/h1-15,22-23H/p+1. The van der Waals surface area contributed by atoms with Crippen molar-refractivity contribution in [2.45, 2.75) is 11.8 Å². The minimum atomic E-state index is -0.671. The first-order chi connectivity index (χ1) is 16.2. The fourth-order valence-corrected chi connectivity index (χ4v) is 5.90. The first kappa shape index (κ1) is 18.3. The van der Waals surface area contributed by atoms with Gasteiger partial charge in [0.05, 0.1) is 0 Å². The molecule has 1 aromatic heterocycles. The molecule has 33 heavy (non-hydrogen) atoms. The van der Waals surface area contributed by atoms with Crippen LogP contribution >= 0.6 is 0 Å². The van der Waals surface area contributed by atoms with Gasteiger partial charge in [0, 0.05) is 40.5 Å². The Balaban J connectivity index is 1.57. The second-order valence-corrected chi connectivity index (χ2v) is 8.74. The summed E-state index contributed by atoms with van der Waals surface area (Å²) < 4.78 is 1.65. The first-order valence-electron chi connectivity index (χ1n) is 11.0. The molecular formula is C29H18NO3+. The molecule has 3 aromatic carbocycles. The predicted octanol–water partition coefficient (Wildman–Crippen LogP) is 4.59. The summed E-state index contributed by atoms with van der Waals surface area (Å²) in [4.78, 5) is 27.2. The average Bonchev–Trinajstić information content (AvgIpc) is 2.87. The van der Waals surface area contributed by atoms with Crippen molar-refractivity contribution in [1.29, 1.82) is 0 Å². The highest BCUT2D eigenvalue weighted by Crippen LogP contribution is 2.58. The van der Waals surface area contributed by atoms with Crippen molar-refractivity contribution >= 4 is 28.2 Å². The number of hydrogen-bond acceptors (Lipinski definition) is 3. The van der Waals surface area contributed by atoms with Gasteiger partial charge in [-0.25, -0.2) is 0 Å². The summed E-state index contributed by atoms with van der Waals surface area (Å²) in [5.41, 5.74) is 6.01. The molecule has 4 aliphatic carbocycles. The third-order valence-electron chi connectivity index (χ3n) is 7.20. The molecule has 0 saturated heterocycles. The van der Waals surface area contributed by atoms with E-state index >= 15 is 0 Å². The van der Waals surface area contributed by atoms with E-state index in [9.17, 15) is 14.7 Å². The van der Waals surface area contributed by atoms with Gasteiger partial charge in [-0.05, 0) is 34.4 Å². The second-order valence-electron chi connectivity index (χ2n) is 8.74. The fraction of sp³-hybridized carbons (Fsp3) is 0.0690. The molecule has 156 valence electrons. The lowest BCUT2D eigenvalue weighted by Gasteiger charge is -2.43. The van der Waals surface area contributed by atoms with Gasteiger partial charge in [0.2, 0.25) is 11.3 Å². The molecule has 0 saturated carbocycles. The lowest BCUT2D eigenvalue weighted by atomic mass is 9.58. The van der Waals surface area contributed by atoms with E-state index in [1.165, 1.54) is 0 Å². The monoisotopic (exact) mass is 428 g/mol. The van der Waals surface area contributed by atoms with Crippen molar-refractivity contribution in [2.24, 2.45) is 0 Å². The molecule has 4 aliphatic rings. The highest BCUT2D eigenvalue weighted by molar-refractivity contribution is 6.57. The molecule has 4 aromatic rings. The number of rotatable bonds is 1. The van der Waals surface area contributed by atoms with E-state index in [1.54, 1.807) is 10.8 Å². The normalized spacial score (nSPS) is 20.7. The van der Waals surface area contributed by atoms with Crippen LogP contribution in [0.25, 0.3) is 16.6 Å². The Morgan fingerprint density at radius 2 is 1.12 bits per heavy atom. The van der Waals surface area contributed by atoms with Crippen LogP contribution in [0.4, 0.5) is 0 Å². The molecule has 0 aliphatic heterocycles. The SMILES string of the molecule is O=C1C(=O)C([n+]2cccc3ccccc32)=C(O)C2=C1C1c3ccccc3C2c2ccccc21. The molecule has 1 N–H and O–H groups in total. The Labute approximate surface area is 189 Å². The summed E-state index contributed by atoms with van der Waals surface area (Å²) in [5.74, 6) is -1.95. The van der Waals surface area contributed by atoms with Crippen LogP contribution in [0.2, 0.25) is 0 Å². The zero-order valence-electron chi connectivity index (χ0n) is 17.5. The number of benzene rings is 3. The van der Waals surface area contributed by atoms with Crippen molar-refractivity contribution in [3.05, 3.63) is 130 Å². The topological polar surface area (TPSA) is 58.2 Å². The van der Waals surface area contributed by atoms with E-state index in [1.807, 2.05) is 72.8 Å². The Kier molecular flexibility index (Phi) is 3.52. The van der Waals surface area contributed by atoms with Crippen molar-refractivity contribution in [1.82, 2.24) is 0 Å². The van der Waals surface area contributed by atoms with E-state index < -0.39 is 11.6 Å². The van der Waals surface area contributed by atoms with Crippen LogP contribution in [0.1, 0.15) is 34.1 Å². The number of fused-ring (bicyclic) bond motifs is 1. The molecular weight excluding hydrogens is 410 g/mol. The molecule has 4 nitrogen and oxygen atoms in total. The number of para-hydroxylation sites is 1. The van der Waals surface area contributed by atoms with Crippen molar-refractivity contribution < 1.29 is 19.3 Å². The number of carbonyl (C=O) groups excluding carboxylic acids is 2. The van der Waals surface area contributed by atoms with Gasteiger partial charge in [-0.2, -0.15) is 4.57 Å². The van der Waals surface area contributed by atoms with Crippen LogP contribution in [-0.4, -0.2) is 16.7 Å². The Hall–Kier alpha value is -4.31. The van der Waals surface area contributed by atoms with Crippen LogP contribution in [0.15, 0.2) is 108 Å². The molecule has 0 atom stereocenters. The smallest absolute Gasteiger partial charge is 0.305 e. The molecule has 0 radical (unpaired) electrons. The number of hydrogen-bond donors (Lipinski definition) is 1. The zero-order valence-corrected chi connectivity index (χ0v) is 17.5. The molecule has 1 heterocycles. The summed E-state index contributed by atoms with van der Waals surface area (Å²) in [6.45, 7) is 0. The number of Topliss-reactive ketones (excluding diaryl/α,β-unsaturated/α-hetero) is 2. The Morgan fingerprint density at radius 1 is 0.606 bits per heavy atom. The van der Waals surface area contributed by atoms with Gasteiger partial charge >= 0.3 is 11.5 Å². The first-order valence-corrected chi connectivity index (χ1v) is 11.0. The lowest BCUT2D eigenvalue weighted by molar-refractivity contribution is -0.549. The highest BCUT2D eigenvalue weighted by Gasteiger charge is 2.53. The van der Waals surface area contributed by atoms with Gasteiger partial charge in [0.15, 0.2) is 12.0 Å². The van der Waals surface area contributed by atoms with E-state index in [-0.39, 0.29) is 23.3 Å². The maximum absolute atomic E-state index is 13.7. The Bertz CT molecular complexity index is 1570. The number of carbonyl (C=O) groups is 2. The number of nitrogens with zero attached hydrogens (tertiary/aromatic N) is 1. The predicted molar refractivity (Wildman–Crippen MR) is 124 cm³/mol. The van der Waals surface area contributed by atoms with Gasteiger partial charge in [-0.3, -0.25) is 9.59 Å². The summed E-state index contributed by atoms with van der Waals surface area (Å²) >= 11 is 0. The van der Waals surface area contributed by atoms with E-state index in [2.05, 4.69) is 12.1 Å². The number of pyridine rings is 1. The molecule has 2 bridgehead atoms. The van der Waals surface area contributed by atoms with Crippen molar-refractivity contribution in [2.75, 3.05) is 0 Å². The third-order valence-corrected chi connectivity index (χ3v) is 7.20. The summed E-state index contributed by atoms with van der Waals surface area (Å²) in [5, 5.41) is 12.6. The van der Waals surface area contributed by atoms with Gasteiger partial charge in [-0.1, -0.05) is 60.7 Å². The van der Waals surface area contributed by atoms with Gasteiger partial charge in [-0.15, -0.1) is 0 Å². The van der Waals surface area contributed by atoms with Gasteiger partial charge in [0.1, 0.15) is 0 Å². The molecule has 0 unspecified atom stereocenters. The van der Waals surface area contributed by atoms with Crippen LogP contribution < -0.4 is 4.57 Å². The summed E-state index contributed by atoms with van der Waals surface area (Å²) in [6.07, 6.45) is 1.73. The third kappa shape index (κ3) is 2.22. The highest BCUT2D eigenvalue weighted by atomic mass is 16.3. The number of aromatic nitrogens is 1. The second kappa shape index (κ2) is 6.36. The largest absolute Gasteiger partial charge is 0.502 e. The lowest BCUT2D eigenvalue weighted by Crippen LogP contribution is -2.46. The molecule has 0 amide bonds.